The molecule has 0 saturated heterocycles. The van der Waals surface area contributed by atoms with Crippen molar-refractivity contribution in [1.29, 1.82) is 0 Å². The summed E-state index contributed by atoms with van der Waals surface area (Å²) in [5.74, 6) is 0.0361. The Labute approximate surface area is 124 Å². The summed E-state index contributed by atoms with van der Waals surface area (Å²) in [5.41, 5.74) is 0.902. The Hall–Kier alpha value is -1.49. The Kier molecular flexibility index (Phi) is 7.80. The molecule has 5 heteroatoms. The first-order chi connectivity index (χ1) is 9.63. The summed E-state index contributed by atoms with van der Waals surface area (Å²) in [5, 5.41) is 11.8. The average Bonchev–Trinajstić information content (AvgIpc) is 2.44. The maximum absolute atomic E-state index is 11.7. The molecular weight excluding hydrogens is 274 g/mol. The highest BCUT2D eigenvalue weighted by atomic mass is 32.2. The lowest BCUT2D eigenvalue weighted by Crippen LogP contribution is -2.43. The van der Waals surface area contributed by atoms with Gasteiger partial charge in [-0.1, -0.05) is 43.7 Å². The van der Waals surface area contributed by atoms with Crippen LogP contribution in [0.25, 0.3) is 0 Å². The summed E-state index contributed by atoms with van der Waals surface area (Å²) < 4.78 is 0. The van der Waals surface area contributed by atoms with Gasteiger partial charge < -0.3 is 10.4 Å². The number of nitrogens with one attached hydrogen (secondary N) is 1. The van der Waals surface area contributed by atoms with Crippen LogP contribution in [-0.4, -0.2) is 34.5 Å². The molecule has 0 fully saturated rings. The monoisotopic (exact) mass is 295 g/mol. The number of hydrogen-bond donors (Lipinski definition) is 2. The molecule has 0 aromatic heterocycles. The van der Waals surface area contributed by atoms with Crippen LogP contribution < -0.4 is 5.32 Å². The SMILES string of the molecule is CCCCSCC(=O)NC(Cc1ccccc1)C(=O)O. The molecule has 0 radical (unpaired) electrons. The third kappa shape index (κ3) is 6.61. The molecule has 0 aliphatic carbocycles. The van der Waals surface area contributed by atoms with Gasteiger partial charge >= 0.3 is 5.97 Å². The first kappa shape index (κ1) is 16.6. The van der Waals surface area contributed by atoms with Gasteiger partial charge in [0.05, 0.1) is 5.75 Å². The first-order valence-electron chi connectivity index (χ1n) is 6.77. The zero-order chi connectivity index (χ0) is 14.8. The zero-order valence-electron chi connectivity index (χ0n) is 11.7. The van der Waals surface area contributed by atoms with E-state index in [1.165, 1.54) is 0 Å². The van der Waals surface area contributed by atoms with Crippen LogP contribution in [0.2, 0.25) is 0 Å². The molecule has 20 heavy (non-hydrogen) atoms. The maximum atomic E-state index is 11.7. The Morgan fingerprint density at radius 3 is 2.60 bits per heavy atom. The van der Waals surface area contributed by atoms with Crippen molar-refractivity contribution in [3.8, 4) is 0 Å². The highest BCUT2D eigenvalue weighted by molar-refractivity contribution is 7.99. The normalized spacial score (nSPS) is 11.8. The molecule has 1 atom stereocenters. The number of hydrogen-bond acceptors (Lipinski definition) is 3. The predicted octanol–water partition coefficient (Wildman–Crippen LogP) is 2.33. The van der Waals surface area contributed by atoms with Crippen molar-refractivity contribution < 1.29 is 14.7 Å². The lowest BCUT2D eigenvalue weighted by atomic mass is 10.1. The van der Waals surface area contributed by atoms with Crippen LogP contribution in [-0.2, 0) is 16.0 Å². The number of thioether (sulfide) groups is 1. The van der Waals surface area contributed by atoms with Crippen molar-refractivity contribution in [1.82, 2.24) is 5.32 Å². The summed E-state index contributed by atoms with van der Waals surface area (Å²) in [7, 11) is 0. The third-order valence-electron chi connectivity index (χ3n) is 2.79. The number of carboxylic acids is 1. The van der Waals surface area contributed by atoms with Crippen molar-refractivity contribution in [2.45, 2.75) is 32.2 Å². The fraction of sp³-hybridized carbons (Fsp3) is 0.467. The molecule has 1 aromatic rings. The number of carbonyl (C=O) groups excluding carboxylic acids is 1. The van der Waals surface area contributed by atoms with E-state index >= 15 is 0 Å². The van der Waals surface area contributed by atoms with Crippen LogP contribution in [0.15, 0.2) is 30.3 Å². The van der Waals surface area contributed by atoms with Gasteiger partial charge in [-0.3, -0.25) is 4.79 Å². The molecule has 1 unspecified atom stereocenters. The molecule has 2 N–H and O–H groups in total. The van der Waals surface area contributed by atoms with E-state index in [1.54, 1.807) is 11.8 Å². The average molecular weight is 295 g/mol. The Balaban J connectivity index is 2.43. The van der Waals surface area contributed by atoms with E-state index in [0.717, 1.165) is 24.2 Å². The summed E-state index contributed by atoms with van der Waals surface area (Å²) >= 11 is 1.54. The van der Waals surface area contributed by atoms with Crippen molar-refractivity contribution in [2.24, 2.45) is 0 Å². The molecule has 1 amide bonds. The smallest absolute Gasteiger partial charge is 0.326 e. The van der Waals surface area contributed by atoms with E-state index < -0.39 is 12.0 Å². The largest absolute Gasteiger partial charge is 0.480 e. The Morgan fingerprint density at radius 1 is 1.30 bits per heavy atom. The third-order valence-corrected chi connectivity index (χ3v) is 3.84. The molecule has 4 nitrogen and oxygen atoms in total. The van der Waals surface area contributed by atoms with Crippen molar-refractivity contribution in [2.75, 3.05) is 11.5 Å². The van der Waals surface area contributed by atoms with E-state index in [1.807, 2.05) is 30.3 Å². The number of benzene rings is 1. The minimum absolute atomic E-state index is 0.213. The fourth-order valence-electron chi connectivity index (χ4n) is 1.70. The van der Waals surface area contributed by atoms with Gasteiger partial charge in [0.2, 0.25) is 5.91 Å². The number of amides is 1. The minimum Gasteiger partial charge on any atom is -0.480 e. The topological polar surface area (TPSA) is 66.4 Å². The molecule has 0 saturated carbocycles. The summed E-state index contributed by atoms with van der Waals surface area (Å²) in [4.78, 5) is 22.9. The molecule has 1 rings (SSSR count). The van der Waals surface area contributed by atoms with Gasteiger partial charge in [0.1, 0.15) is 6.04 Å². The van der Waals surface area contributed by atoms with E-state index in [9.17, 15) is 14.7 Å². The molecule has 1 aromatic carbocycles. The van der Waals surface area contributed by atoms with Gasteiger partial charge in [-0.25, -0.2) is 4.79 Å². The number of aliphatic carboxylic acids is 1. The lowest BCUT2D eigenvalue weighted by molar-refractivity contribution is -0.141. The number of carbonyl (C=O) groups is 2. The molecule has 0 spiro atoms. The van der Waals surface area contributed by atoms with Gasteiger partial charge in [0.15, 0.2) is 0 Å². The summed E-state index contributed by atoms with van der Waals surface area (Å²) in [6, 6.07) is 8.45. The molecule has 110 valence electrons. The molecule has 0 bridgehead atoms. The second-order valence-electron chi connectivity index (χ2n) is 4.55. The molecule has 0 aliphatic heterocycles. The second-order valence-corrected chi connectivity index (χ2v) is 5.66. The zero-order valence-corrected chi connectivity index (χ0v) is 12.5. The van der Waals surface area contributed by atoms with E-state index in [4.69, 9.17) is 0 Å². The number of rotatable bonds is 9. The maximum Gasteiger partial charge on any atom is 0.326 e. The summed E-state index contributed by atoms with van der Waals surface area (Å²) in [6.45, 7) is 2.10. The number of carboxylic acid groups (broad SMARTS) is 1. The second kappa shape index (κ2) is 9.42. The van der Waals surface area contributed by atoms with E-state index in [2.05, 4.69) is 12.2 Å². The molecular formula is C15H21NO3S. The van der Waals surface area contributed by atoms with Gasteiger partial charge in [0.25, 0.3) is 0 Å². The fourth-order valence-corrected chi connectivity index (χ4v) is 2.60. The highest BCUT2D eigenvalue weighted by Crippen LogP contribution is 2.06. The Bertz CT molecular complexity index is 422. The van der Waals surface area contributed by atoms with Crippen molar-refractivity contribution in [3.63, 3.8) is 0 Å². The first-order valence-corrected chi connectivity index (χ1v) is 7.92. The van der Waals surface area contributed by atoms with Crippen LogP contribution in [0.4, 0.5) is 0 Å². The van der Waals surface area contributed by atoms with E-state index in [-0.39, 0.29) is 5.91 Å². The highest BCUT2D eigenvalue weighted by Gasteiger charge is 2.20. The van der Waals surface area contributed by atoms with Crippen LogP contribution in [0.1, 0.15) is 25.3 Å². The van der Waals surface area contributed by atoms with Crippen molar-refractivity contribution >= 4 is 23.6 Å². The minimum atomic E-state index is -0.999. The predicted molar refractivity (Wildman–Crippen MR) is 81.9 cm³/mol. The molecule has 0 aliphatic rings. The van der Waals surface area contributed by atoms with Gasteiger partial charge in [0, 0.05) is 6.42 Å². The van der Waals surface area contributed by atoms with E-state index in [0.29, 0.717) is 12.2 Å². The van der Waals surface area contributed by atoms with Crippen LogP contribution in [0, 0.1) is 0 Å². The standard InChI is InChI=1S/C15H21NO3S/c1-2-3-9-20-11-14(17)16-13(15(18)19)10-12-7-5-4-6-8-12/h4-8,13H,2-3,9-11H2,1H3,(H,16,17)(H,18,19). The quantitative estimate of drug-likeness (QED) is 0.686. The molecule has 0 heterocycles. The van der Waals surface area contributed by atoms with Gasteiger partial charge in [-0.15, -0.1) is 0 Å². The van der Waals surface area contributed by atoms with Crippen LogP contribution in [0.3, 0.4) is 0 Å². The van der Waals surface area contributed by atoms with Gasteiger partial charge in [-0.05, 0) is 17.7 Å². The van der Waals surface area contributed by atoms with Crippen molar-refractivity contribution in [3.05, 3.63) is 35.9 Å². The van der Waals surface area contributed by atoms with Gasteiger partial charge in [-0.2, -0.15) is 11.8 Å². The Morgan fingerprint density at radius 2 is 2.00 bits per heavy atom. The summed E-state index contributed by atoms with van der Waals surface area (Å²) in [6.07, 6.45) is 2.48. The lowest BCUT2D eigenvalue weighted by Gasteiger charge is -2.14. The van der Waals surface area contributed by atoms with Crippen LogP contribution in [0.5, 0.6) is 0 Å². The number of unbranched alkanes of at least 4 members (excludes halogenated alkanes) is 1. The van der Waals surface area contributed by atoms with Crippen LogP contribution >= 0.6 is 11.8 Å².